The fourth-order valence-electron chi connectivity index (χ4n) is 3.81. The van der Waals surface area contributed by atoms with Gasteiger partial charge >= 0.3 is 0 Å². The Morgan fingerprint density at radius 1 is 0.593 bits per heavy atom. The van der Waals surface area contributed by atoms with Crippen LogP contribution in [0.2, 0.25) is 0 Å². The smallest absolute Gasteiger partial charge is 0.0509 e. The molecular weight excluding hydrogens is 332 g/mol. The summed E-state index contributed by atoms with van der Waals surface area (Å²) in [6, 6.07) is 1.17. The summed E-state index contributed by atoms with van der Waals surface area (Å²) < 4.78 is 6.36. The lowest BCUT2D eigenvalue weighted by atomic mass is 9.93. The molecular formula is C24H52N2O. The van der Waals surface area contributed by atoms with Gasteiger partial charge in [0.05, 0.1) is 13.2 Å². The van der Waals surface area contributed by atoms with Crippen molar-refractivity contribution in [2.24, 2.45) is 11.8 Å². The first-order chi connectivity index (χ1) is 12.8. The van der Waals surface area contributed by atoms with Gasteiger partial charge in [-0.05, 0) is 66.7 Å². The average Bonchev–Trinajstić information content (AvgIpc) is 2.64. The number of ether oxygens (including phenoxy) is 1. The highest BCUT2D eigenvalue weighted by Crippen LogP contribution is 2.21. The Hall–Kier alpha value is -0.120. The number of nitrogens with zero attached hydrogens (tertiary/aromatic N) is 2. The summed E-state index contributed by atoms with van der Waals surface area (Å²) in [5, 5.41) is 0. The second-order valence-corrected chi connectivity index (χ2v) is 9.16. The third kappa shape index (κ3) is 12.9. The molecule has 0 N–H and O–H groups in total. The summed E-state index contributed by atoms with van der Waals surface area (Å²) in [6.07, 6.45) is 13.4. The van der Waals surface area contributed by atoms with Crippen LogP contribution in [0.3, 0.4) is 0 Å². The van der Waals surface area contributed by atoms with Gasteiger partial charge in [0.2, 0.25) is 0 Å². The molecule has 0 rings (SSSR count). The van der Waals surface area contributed by atoms with Crippen molar-refractivity contribution in [1.29, 1.82) is 0 Å². The largest absolute Gasteiger partial charge is 0.381 e. The predicted molar refractivity (Wildman–Crippen MR) is 122 cm³/mol. The van der Waals surface area contributed by atoms with Crippen LogP contribution in [0, 0.1) is 11.8 Å². The van der Waals surface area contributed by atoms with Crippen molar-refractivity contribution in [3.05, 3.63) is 0 Å². The monoisotopic (exact) mass is 384 g/mol. The molecule has 0 amide bonds. The molecule has 0 saturated carbocycles. The van der Waals surface area contributed by atoms with E-state index in [4.69, 9.17) is 4.74 Å². The van der Waals surface area contributed by atoms with Gasteiger partial charge in [-0.25, -0.2) is 0 Å². The lowest BCUT2D eigenvalue weighted by Crippen LogP contribution is -2.37. The molecule has 0 spiro atoms. The van der Waals surface area contributed by atoms with Crippen LogP contribution in [0.15, 0.2) is 0 Å². The summed E-state index contributed by atoms with van der Waals surface area (Å²) in [6.45, 7) is 11.1. The molecule has 4 atom stereocenters. The van der Waals surface area contributed by atoms with Crippen molar-refractivity contribution in [1.82, 2.24) is 9.80 Å². The molecule has 3 heteroatoms. The van der Waals surface area contributed by atoms with Gasteiger partial charge in [-0.2, -0.15) is 0 Å². The first-order valence-corrected chi connectivity index (χ1v) is 11.8. The van der Waals surface area contributed by atoms with E-state index >= 15 is 0 Å². The highest BCUT2D eigenvalue weighted by molar-refractivity contribution is 4.75. The van der Waals surface area contributed by atoms with Crippen LogP contribution in [0.1, 0.15) is 91.9 Å². The zero-order chi connectivity index (χ0) is 20.7. The Labute approximate surface area is 172 Å². The molecule has 0 aliphatic carbocycles. The van der Waals surface area contributed by atoms with Crippen LogP contribution >= 0.6 is 0 Å². The maximum absolute atomic E-state index is 6.36. The molecule has 4 unspecified atom stereocenters. The molecule has 0 aliphatic rings. The van der Waals surface area contributed by atoms with Crippen molar-refractivity contribution in [3.8, 4) is 0 Å². The van der Waals surface area contributed by atoms with Crippen LogP contribution in [-0.4, -0.2) is 63.3 Å². The third-order valence-electron chi connectivity index (χ3n) is 6.51. The number of hydrogen-bond acceptors (Lipinski definition) is 3. The average molecular weight is 385 g/mol. The second-order valence-electron chi connectivity index (χ2n) is 9.16. The lowest BCUT2D eigenvalue weighted by Gasteiger charge is -2.32. The van der Waals surface area contributed by atoms with Crippen LogP contribution in [0.4, 0.5) is 0 Å². The maximum atomic E-state index is 6.36. The number of unbranched alkanes of at least 4 members (excludes halogenated alkanes) is 6. The highest BCUT2D eigenvalue weighted by Gasteiger charge is 2.22. The minimum absolute atomic E-state index is 0.584. The summed E-state index contributed by atoms with van der Waals surface area (Å²) in [5.41, 5.74) is 0. The fraction of sp³-hybridized carbons (Fsp3) is 1.00. The first kappa shape index (κ1) is 26.9. The second kappa shape index (κ2) is 16.8. The van der Waals surface area contributed by atoms with Crippen LogP contribution in [-0.2, 0) is 4.74 Å². The Bertz CT molecular complexity index is 290. The third-order valence-corrected chi connectivity index (χ3v) is 6.51. The molecule has 0 aliphatic heterocycles. The standard InChI is InChI=1S/C24H52N2O/c1-9-11-13-15-17-23(21(3)25(5)6)19-27-20-24(22(4)26(7)8)18-16-14-12-10-2/h21-24H,9-20H2,1-8H3. The van der Waals surface area contributed by atoms with Crippen LogP contribution < -0.4 is 0 Å². The van der Waals surface area contributed by atoms with E-state index in [0.29, 0.717) is 23.9 Å². The van der Waals surface area contributed by atoms with Gasteiger partial charge in [0.25, 0.3) is 0 Å². The van der Waals surface area contributed by atoms with E-state index in [9.17, 15) is 0 Å². The Balaban J connectivity index is 4.53. The SMILES string of the molecule is CCCCCCC(COCC(CCCCCC)C(C)N(C)C)C(C)N(C)C. The number of hydrogen-bond donors (Lipinski definition) is 0. The minimum Gasteiger partial charge on any atom is -0.381 e. The van der Waals surface area contributed by atoms with E-state index in [-0.39, 0.29) is 0 Å². The van der Waals surface area contributed by atoms with Gasteiger partial charge in [-0.3, -0.25) is 0 Å². The number of rotatable bonds is 18. The lowest BCUT2D eigenvalue weighted by molar-refractivity contribution is 0.0238. The van der Waals surface area contributed by atoms with Crippen molar-refractivity contribution in [2.45, 2.75) is 104 Å². The quantitative estimate of drug-likeness (QED) is 0.266. The molecule has 164 valence electrons. The minimum atomic E-state index is 0.584. The summed E-state index contributed by atoms with van der Waals surface area (Å²) in [7, 11) is 8.81. The van der Waals surface area contributed by atoms with Crippen molar-refractivity contribution < 1.29 is 4.74 Å². The first-order valence-electron chi connectivity index (χ1n) is 11.8. The van der Waals surface area contributed by atoms with Crippen molar-refractivity contribution in [2.75, 3.05) is 41.4 Å². The van der Waals surface area contributed by atoms with E-state index in [2.05, 4.69) is 65.7 Å². The Kier molecular flexibility index (Phi) is 16.7. The van der Waals surface area contributed by atoms with Crippen molar-refractivity contribution >= 4 is 0 Å². The fourth-order valence-corrected chi connectivity index (χ4v) is 3.81. The molecule has 0 heterocycles. The molecule has 0 aromatic rings. The van der Waals surface area contributed by atoms with Gasteiger partial charge in [0.15, 0.2) is 0 Å². The van der Waals surface area contributed by atoms with Gasteiger partial charge in [0, 0.05) is 12.1 Å². The summed E-state index contributed by atoms with van der Waals surface area (Å²) in [4.78, 5) is 4.72. The Morgan fingerprint density at radius 3 is 1.26 bits per heavy atom. The maximum Gasteiger partial charge on any atom is 0.0509 e. The molecule has 3 nitrogen and oxygen atoms in total. The molecule has 27 heavy (non-hydrogen) atoms. The zero-order valence-corrected chi connectivity index (χ0v) is 20.1. The predicted octanol–water partition coefficient (Wildman–Crippen LogP) is 6.08. The van der Waals surface area contributed by atoms with Crippen molar-refractivity contribution in [3.63, 3.8) is 0 Å². The highest BCUT2D eigenvalue weighted by atomic mass is 16.5. The normalized spacial score (nSPS) is 16.7. The Morgan fingerprint density at radius 2 is 0.963 bits per heavy atom. The zero-order valence-electron chi connectivity index (χ0n) is 20.1. The van der Waals surface area contributed by atoms with Gasteiger partial charge in [-0.15, -0.1) is 0 Å². The summed E-state index contributed by atoms with van der Waals surface area (Å²) >= 11 is 0. The van der Waals surface area contributed by atoms with E-state index in [0.717, 1.165) is 13.2 Å². The molecule has 0 bridgehead atoms. The van der Waals surface area contributed by atoms with Gasteiger partial charge < -0.3 is 14.5 Å². The van der Waals surface area contributed by atoms with E-state index in [1.165, 1.54) is 64.2 Å². The molecule has 0 radical (unpaired) electrons. The van der Waals surface area contributed by atoms with E-state index in [1.807, 2.05) is 0 Å². The molecule has 0 saturated heterocycles. The summed E-state index contributed by atoms with van der Waals surface area (Å²) in [5.74, 6) is 1.29. The topological polar surface area (TPSA) is 15.7 Å². The van der Waals surface area contributed by atoms with Gasteiger partial charge in [-0.1, -0.05) is 65.2 Å². The van der Waals surface area contributed by atoms with Crippen LogP contribution in [0.5, 0.6) is 0 Å². The van der Waals surface area contributed by atoms with E-state index in [1.54, 1.807) is 0 Å². The van der Waals surface area contributed by atoms with Gasteiger partial charge in [0.1, 0.15) is 0 Å². The molecule has 0 aromatic heterocycles. The molecule has 0 aromatic carbocycles. The van der Waals surface area contributed by atoms with Crippen LogP contribution in [0.25, 0.3) is 0 Å². The van der Waals surface area contributed by atoms with E-state index < -0.39 is 0 Å². The molecule has 0 fully saturated rings.